The number of hydrogen-bond donors (Lipinski definition) is 1. The van der Waals surface area contributed by atoms with E-state index in [4.69, 9.17) is 9.47 Å². The van der Waals surface area contributed by atoms with Crippen LogP contribution in [0.4, 0.5) is 0 Å². The van der Waals surface area contributed by atoms with Gasteiger partial charge in [0.2, 0.25) is 0 Å². The van der Waals surface area contributed by atoms with Crippen LogP contribution in [0.2, 0.25) is 0 Å². The first-order valence-corrected chi connectivity index (χ1v) is 9.99. The van der Waals surface area contributed by atoms with Crippen LogP contribution in [0.15, 0.2) is 54.4 Å². The fourth-order valence-corrected chi connectivity index (χ4v) is 3.47. The Labute approximate surface area is 175 Å². The van der Waals surface area contributed by atoms with Gasteiger partial charge in [-0.15, -0.1) is 0 Å². The minimum absolute atomic E-state index is 0.0749. The van der Waals surface area contributed by atoms with Gasteiger partial charge in [-0.05, 0) is 54.8 Å². The highest BCUT2D eigenvalue weighted by Crippen LogP contribution is 2.39. The van der Waals surface area contributed by atoms with Gasteiger partial charge in [0.1, 0.15) is 11.5 Å². The van der Waals surface area contributed by atoms with Crippen molar-refractivity contribution < 1.29 is 24.2 Å². The standard InChI is InChI=1S/C23H26N2O5/c1-3-14-30-18-7-5-17(6-8-18)21(26)19-20(16-9-11-24-12-10-16)25(13-4-15-29-2)23(28)22(19)27/h5-12,20,26H,3-4,13-15H2,1-2H3. The highest BCUT2D eigenvalue weighted by atomic mass is 16.5. The molecule has 0 radical (unpaired) electrons. The predicted molar refractivity (Wildman–Crippen MR) is 112 cm³/mol. The van der Waals surface area contributed by atoms with E-state index in [0.29, 0.717) is 43.1 Å². The van der Waals surface area contributed by atoms with Crippen LogP contribution >= 0.6 is 0 Å². The Hall–Kier alpha value is -3.19. The van der Waals surface area contributed by atoms with E-state index in [9.17, 15) is 14.7 Å². The lowest BCUT2D eigenvalue weighted by Gasteiger charge is -2.25. The van der Waals surface area contributed by atoms with Crippen molar-refractivity contribution in [2.75, 3.05) is 26.9 Å². The van der Waals surface area contributed by atoms with E-state index < -0.39 is 17.7 Å². The smallest absolute Gasteiger partial charge is 0.295 e. The van der Waals surface area contributed by atoms with Crippen molar-refractivity contribution in [1.82, 2.24) is 9.88 Å². The molecule has 3 rings (SSSR count). The number of hydrogen-bond acceptors (Lipinski definition) is 6. The van der Waals surface area contributed by atoms with Crippen LogP contribution in [0, 0.1) is 0 Å². The molecule has 0 spiro atoms. The van der Waals surface area contributed by atoms with Crippen molar-refractivity contribution in [3.63, 3.8) is 0 Å². The van der Waals surface area contributed by atoms with Gasteiger partial charge in [-0.25, -0.2) is 0 Å². The Kier molecular flexibility index (Phi) is 7.19. The second-order valence-electron chi connectivity index (χ2n) is 6.99. The number of carbonyl (C=O) groups is 2. The Morgan fingerprint density at radius 3 is 2.43 bits per heavy atom. The molecule has 1 atom stereocenters. The predicted octanol–water partition coefficient (Wildman–Crippen LogP) is 3.33. The van der Waals surface area contributed by atoms with E-state index in [1.165, 1.54) is 4.90 Å². The average Bonchev–Trinajstić information content (AvgIpc) is 3.03. The zero-order valence-corrected chi connectivity index (χ0v) is 17.2. The molecule has 1 fully saturated rings. The first-order chi connectivity index (χ1) is 14.6. The maximum absolute atomic E-state index is 12.9. The third kappa shape index (κ3) is 4.52. The number of likely N-dealkylation sites (tertiary alicyclic amines) is 1. The summed E-state index contributed by atoms with van der Waals surface area (Å²) in [6.07, 6.45) is 4.67. The van der Waals surface area contributed by atoms with Crippen molar-refractivity contribution >= 4 is 17.4 Å². The van der Waals surface area contributed by atoms with E-state index >= 15 is 0 Å². The maximum Gasteiger partial charge on any atom is 0.295 e. The number of carbonyl (C=O) groups excluding carboxylic acids is 2. The molecule has 1 N–H and O–H groups in total. The lowest BCUT2D eigenvalue weighted by atomic mass is 9.96. The third-order valence-electron chi connectivity index (χ3n) is 4.91. The largest absolute Gasteiger partial charge is 0.507 e. The number of ether oxygens (including phenoxy) is 2. The number of Topliss-reactive ketones (excluding diaryl/α,β-unsaturated/α-hetero) is 1. The van der Waals surface area contributed by atoms with Gasteiger partial charge in [-0.3, -0.25) is 14.6 Å². The van der Waals surface area contributed by atoms with E-state index in [-0.39, 0.29) is 11.3 Å². The second kappa shape index (κ2) is 10.0. The van der Waals surface area contributed by atoms with E-state index in [0.717, 1.165) is 6.42 Å². The molecule has 0 saturated carbocycles. The highest BCUT2D eigenvalue weighted by Gasteiger charge is 2.45. The lowest BCUT2D eigenvalue weighted by molar-refractivity contribution is -0.140. The van der Waals surface area contributed by atoms with Gasteiger partial charge in [0.15, 0.2) is 0 Å². The Morgan fingerprint density at radius 1 is 1.10 bits per heavy atom. The fourth-order valence-electron chi connectivity index (χ4n) is 3.47. The number of aliphatic hydroxyl groups is 1. The summed E-state index contributed by atoms with van der Waals surface area (Å²) < 4.78 is 10.7. The SMILES string of the molecule is CCCOc1ccc(C(O)=C2C(=O)C(=O)N(CCCOC)C2c2ccncc2)cc1. The molecule has 0 aliphatic carbocycles. The molecule has 158 valence electrons. The van der Waals surface area contributed by atoms with Crippen LogP contribution in [0.25, 0.3) is 5.76 Å². The van der Waals surface area contributed by atoms with Gasteiger partial charge in [-0.2, -0.15) is 0 Å². The van der Waals surface area contributed by atoms with Gasteiger partial charge in [-0.1, -0.05) is 6.92 Å². The van der Waals surface area contributed by atoms with Crippen LogP contribution in [0.3, 0.4) is 0 Å². The van der Waals surface area contributed by atoms with Crippen molar-refractivity contribution in [2.45, 2.75) is 25.8 Å². The number of benzene rings is 1. The quantitative estimate of drug-likeness (QED) is 0.295. The van der Waals surface area contributed by atoms with Gasteiger partial charge in [0, 0.05) is 38.2 Å². The molecule has 1 saturated heterocycles. The van der Waals surface area contributed by atoms with Crippen molar-refractivity contribution in [3.8, 4) is 5.75 Å². The molecule has 1 amide bonds. The molecule has 7 heteroatoms. The second-order valence-corrected chi connectivity index (χ2v) is 6.99. The molecule has 0 bridgehead atoms. The van der Waals surface area contributed by atoms with Crippen LogP contribution in [0.1, 0.15) is 36.9 Å². The minimum atomic E-state index is -0.696. The summed E-state index contributed by atoms with van der Waals surface area (Å²) >= 11 is 0. The topological polar surface area (TPSA) is 89.0 Å². The van der Waals surface area contributed by atoms with Crippen LogP contribution in [-0.4, -0.2) is 53.5 Å². The zero-order chi connectivity index (χ0) is 21.5. The van der Waals surface area contributed by atoms with Crippen molar-refractivity contribution in [3.05, 3.63) is 65.5 Å². The number of ketones is 1. The van der Waals surface area contributed by atoms with E-state index in [1.807, 2.05) is 6.92 Å². The highest BCUT2D eigenvalue weighted by molar-refractivity contribution is 6.46. The number of aromatic nitrogens is 1. The summed E-state index contributed by atoms with van der Waals surface area (Å²) in [5.74, 6) is -0.846. The number of rotatable bonds is 9. The molecular weight excluding hydrogens is 384 g/mol. The monoisotopic (exact) mass is 410 g/mol. The third-order valence-corrected chi connectivity index (χ3v) is 4.91. The summed E-state index contributed by atoms with van der Waals surface area (Å²) in [5.41, 5.74) is 1.24. The Balaban J connectivity index is 2.00. The average molecular weight is 410 g/mol. The van der Waals surface area contributed by atoms with Gasteiger partial charge in [0.25, 0.3) is 11.7 Å². The maximum atomic E-state index is 12.9. The van der Waals surface area contributed by atoms with Gasteiger partial charge >= 0.3 is 0 Å². The first kappa shape index (κ1) is 21.5. The van der Waals surface area contributed by atoms with Gasteiger partial charge in [0.05, 0.1) is 18.2 Å². The zero-order valence-electron chi connectivity index (χ0n) is 17.2. The molecule has 2 aromatic rings. The molecule has 1 aromatic carbocycles. The molecular formula is C23H26N2O5. The van der Waals surface area contributed by atoms with E-state index in [2.05, 4.69) is 4.98 Å². The summed E-state index contributed by atoms with van der Waals surface area (Å²) in [6.45, 7) is 3.42. The Bertz CT molecular complexity index is 909. The number of pyridine rings is 1. The van der Waals surface area contributed by atoms with E-state index in [1.54, 1.807) is 55.9 Å². The summed E-state index contributed by atoms with van der Waals surface area (Å²) in [4.78, 5) is 31.1. The molecule has 1 aliphatic heterocycles. The molecule has 2 heterocycles. The van der Waals surface area contributed by atoms with Gasteiger partial charge < -0.3 is 19.5 Å². The lowest BCUT2D eigenvalue weighted by Crippen LogP contribution is -2.31. The summed E-state index contributed by atoms with van der Waals surface area (Å²) in [5, 5.41) is 11.0. The molecule has 1 unspecified atom stereocenters. The molecule has 1 aliphatic rings. The minimum Gasteiger partial charge on any atom is -0.507 e. The molecule has 1 aromatic heterocycles. The number of nitrogens with zero attached hydrogens (tertiary/aromatic N) is 2. The first-order valence-electron chi connectivity index (χ1n) is 9.99. The van der Waals surface area contributed by atoms with Crippen molar-refractivity contribution in [2.24, 2.45) is 0 Å². The number of aliphatic hydroxyl groups excluding tert-OH is 1. The van der Waals surface area contributed by atoms with Crippen molar-refractivity contribution in [1.29, 1.82) is 0 Å². The number of amides is 1. The van der Waals surface area contributed by atoms with Crippen LogP contribution in [-0.2, 0) is 14.3 Å². The summed E-state index contributed by atoms with van der Waals surface area (Å²) in [6, 6.07) is 9.65. The summed E-state index contributed by atoms with van der Waals surface area (Å²) in [7, 11) is 1.59. The Morgan fingerprint density at radius 2 is 1.80 bits per heavy atom. The molecule has 30 heavy (non-hydrogen) atoms. The normalized spacial score (nSPS) is 18.1. The van der Waals surface area contributed by atoms with Crippen LogP contribution in [0.5, 0.6) is 5.75 Å². The fraction of sp³-hybridized carbons (Fsp3) is 0.348. The van der Waals surface area contributed by atoms with Crippen LogP contribution < -0.4 is 4.74 Å². The molecule has 7 nitrogen and oxygen atoms in total. The number of methoxy groups -OCH3 is 1.